The van der Waals surface area contributed by atoms with E-state index in [1.807, 2.05) is 6.92 Å². The Morgan fingerprint density at radius 1 is 1.24 bits per heavy atom. The van der Waals surface area contributed by atoms with Gasteiger partial charge in [-0.05, 0) is 58.3 Å². The van der Waals surface area contributed by atoms with E-state index in [2.05, 4.69) is 27.9 Å². The van der Waals surface area contributed by atoms with Crippen LogP contribution in [-0.4, -0.2) is 59.4 Å². The molecule has 0 N–H and O–H groups in total. The van der Waals surface area contributed by atoms with Crippen molar-refractivity contribution in [1.29, 1.82) is 0 Å². The zero-order chi connectivity index (χ0) is 17.3. The lowest BCUT2D eigenvalue weighted by Crippen LogP contribution is -2.55. The van der Waals surface area contributed by atoms with Gasteiger partial charge in [0.25, 0.3) is 0 Å². The van der Waals surface area contributed by atoms with Crippen molar-refractivity contribution in [3.05, 3.63) is 17.5 Å². The highest BCUT2D eigenvalue weighted by atomic mass is 16.5. The fourth-order valence-electron chi connectivity index (χ4n) is 4.86. The molecule has 2 saturated heterocycles. The van der Waals surface area contributed by atoms with E-state index >= 15 is 0 Å². The number of rotatable bonds is 7. The maximum atomic E-state index is 5.82. The third-order valence-electron chi connectivity index (χ3n) is 6.51. The van der Waals surface area contributed by atoms with E-state index in [9.17, 15) is 0 Å². The predicted octanol–water partition coefficient (Wildman–Crippen LogP) is 3.23. The number of ether oxygens (including phenoxy) is 1. The molecule has 25 heavy (non-hydrogen) atoms. The number of piperidine rings is 1. The lowest BCUT2D eigenvalue weighted by atomic mass is 9.84. The maximum Gasteiger partial charge on any atom is 0.133 e. The Balaban J connectivity index is 1.37. The van der Waals surface area contributed by atoms with Gasteiger partial charge in [-0.15, -0.1) is 0 Å². The predicted molar refractivity (Wildman–Crippen MR) is 97.4 cm³/mol. The van der Waals surface area contributed by atoms with Crippen LogP contribution in [0.5, 0.6) is 0 Å². The molecule has 1 aromatic heterocycles. The quantitative estimate of drug-likeness (QED) is 0.757. The van der Waals surface area contributed by atoms with Crippen LogP contribution in [0.3, 0.4) is 0 Å². The van der Waals surface area contributed by atoms with Crippen molar-refractivity contribution in [3.8, 4) is 0 Å². The largest absolute Gasteiger partial charge is 0.380 e. The van der Waals surface area contributed by atoms with Gasteiger partial charge in [0.05, 0.1) is 12.3 Å². The molecule has 1 aromatic rings. The Hall–Kier alpha value is -0.910. The van der Waals surface area contributed by atoms with E-state index < -0.39 is 0 Å². The van der Waals surface area contributed by atoms with Crippen LogP contribution in [0.15, 0.2) is 10.6 Å². The molecule has 2 aliphatic heterocycles. The summed E-state index contributed by atoms with van der Waals surface area (Å²) < 4.78 is 11.0. The van der Waals surface area contributed by atoms with Crippen LogP contribution in [0.4, 0.5) is 0 Å². The van der Waals surface area contributed by atoms with E-state index in [1.165, 1.54) is 58.2 Å². The van der Waals surface area contributed by atoms with Crippen molar-refractivity contribution in [2.45, 2.75) is 70.5 Å². The molecule has 5 nitrogen and oxygen atoms in total. The van der Waals surface area contributed by atoms with Crippen LogP contribution in [0.25, 0.3) is 0 Å². The van der Waals surface area contributed by atoms with Gasteiger partial charge >= 0.3 is 0 Å². The van der Waals surface area contributed by atoms with Crippen molar-refractivity contribution < 1.29 is 9.26 Å². The molecule has 140 valence electrons. The van der Waals surface area contributed by atoms with Gasteiger partial charge in [0.2, 0.25) is 0 Å². The van der Waals surface area contributed by atoms with Gasteiger partial charge in [0, 0.05) is 50.4 Å². The molecule has 0 unspecified atom stereocenters. The van der Waals surface area contributed by atoms with Crippen molar-refractivity contribution >= 4 is 0 Å². The van der Waals surface area contributed by atoms with E-state index in [4.69, 9.17) is 9.26 Å². The third-order valence-corrected chi connectivity index (χ3v) is 6.51. The van der Waals surface area contributed by atoms with Crippen LogP contribution in [0, 0.1) is 12.8 Å². The monoisotopic (exact) mass is 347 g/mol. The standard InChI is InChI=1S/C20H33N3O2/c1-3-24-15-19-6-7-20(23(19)13-17-4-5-17)8-10-22(11-9-20)14-18-12-16(2)25-21-18/h12,17,19H,3-11,13-15H2,1-2H3/t19-/m0/s1. The zero-order valence-electron chi connectivity index (χ0n) is 15.9. The minimum Gasteiger partial charge on any atom is -0.380 e. The summed E-state index contributed by atoms with van der Waals surface area (Å²) >= 11 is 0. The SMILES string of the molecule is CCOC[C@@H]1CCC2(CCN(Cc3cc(C)on3)CC2)N1CC1CC1. The molecule has 0 aromatic carbocycles. The molecular weight excluding hydrogens is 314 g/mol. The van der Waals surface area contributed by atoms with Gasteiger partial charge in [0.1, 0.15) is 5.76 Å². The van der Waals surface area contributed by atoms with Crippen LogP contribution in [-0.2, 0) is 11.3 Å². The molecule has 0 bridgehead atoms. The third kappa shape index (κ3) is 3.93. The minimum absolute atomic E-state index is 0.431. The van der Waals surface area contributed by atoms with Crippen LogP contribution < -0.4 is 0 Å². The second-order valence-corrected chi connectivity index (χ2v) is 8.38. The lowest BCUT2D eigenvalue weighted by Gasteiger charge is -2.46. The van der Waals surface area contributed by atoms with Gasteiger partial charge < -0.3 is 9.26 Å². The molecule has 1 spiro atoms. The van der Waals surface area contributed by atoms with E-state index in [-0.39, 0.29) is 0 Å². The summed E-state index contributed by atoms with van der Waals surface area (Å²) in [5.41, 5.74) is 1.50. The molecule has 1 atom stereocenters. The van der Waals surface area contributed by atoms with Gasteiger partial charge in [-0.1, -0.05) is 5.16 Å². The highest BCUT2D eigenvalue weighted by molar-refractivity contribution is 5.07. The fourth-order valence-corrected chi connectivity index (χ4v) is 4.86. The van der Waals surface area contributed by atoms with Gasteiger partial charge in [-0.3, -0.25) is 9.80 Å². The molecular formula is C20H33N3O2. The molecule has 3 aliphatic rings. The summed E-state index contributed by atoms with van der Waals surface area (Å²) in [5, 5.41) is 4.16. The molecule has 4 rings (SSSR count). The summed E-state index contributed by atoms with van der Waals surface area (Å²) in [6.45, 7) is 10.4. The average molecular weight is 348 g/mol. The number of nitrogens with zero attached hydrogens (tertiary/aromatic N) is 3. The number of likely N-dealkylation sites (tertiary alicyclic amines) is 2. The first-order chi connectivity index (χ1) is 12.2. The van der Waals surface area contributed by atoms with E-state index in [0.29, 0.717) is 11.6 Å². The van der Waals surface area contributed by atoms with Crippen LogP contribution >= 0.6 is 0 Å². The van der Waals surface area contributed by atoms with Crippen LogP contribution in [0.1, 0.15) is 56.9 Å². The number of hydrogen-bond acceptors (Lipinski definition) is 5. The fraction of sp³-hybridized carbons (Fsp3) is 0.850. The summed E-state index contributed by atoms with van der Waals surface area (Å²) in [6, 6.07) is 2.71. The Kier molecular flexibility index (Phi) is 5.16. The summed E-state index contributed by atoms with van der Waals surface area (Å²) in [7, 11) is 0. The van der Waals surface area contributed by atoms with Gasteiger partial charge in [-0.25, -0.2) is 0 Å². The highest BCUT2D eigenvalue weighted by Gasteiger charge is 2.48. The zero-order valence-corrected chi connectivity index (χ0v) is 15.9. The smallest absolute Gasteiger partial charge is 0.133 e. The molecule has 3 fully saturated rings. The van der Waals surface area contributed by atoms with E-state index in [1.54, 1.807) is 0 Å². The first-order valence-corrected chi connectivity index (χ1v) is 10.2. The Bertz CT molecular complexity index is 561. The normalized spacial score (nSPS) is 27.4. The number of aromatic nitrogens is 1. The van der Waals surface area contributed by atoms with Crippen molar-refractivity contribution in [3.63, 3.8) is 0 Å². The minimum atomic E-state index is 0.431. The number of aryl methyl sites for hydroxylation is 1. The summed E-state index contributed by atoms with van der Waals surface area (Å²) in [5.74, 6) is 1.86. The Morgan fingerprint density at radius 2 is 2.04 bits per heavy atom. The van der Waals surface area contributed by atoms with Crippen molar-refractivity contribution in [2.24, 2.45) is 5.92 Å². The number of hydrogen-bond donors (Lipinski definition) is 0. The lowest BCUT2D eigenvalue weighted by molar-refractivity contribution is 0.0000634. The van der Waals surface area contributed by atoms with Crippen molar-refractivity contribution in [2.75, 3.05) is 32.8 Å². The molecule has 0 radical (unpaired) electrons. The molecule has 3 heterocycles. The summed E-state index contributed by atoms with van der Waals surface area (Å²) in [4.78, 5) is 5.42. The van der Waals surface area contributed by atoms with Gasteiger partial charge in [0.15, 0.2) is 0 Å². The highest BCUT2D eigenvalue weighted by Crippen LogP contribution is 2.44. The van der Waals surface area contributed by atoms with E-state index in [0.717, 1.165) is 37.1 Å². The maximum absolute atomic E-state index is 5.82. The molecule has 5 heteroatoms. The second-order valence-electron chi connectivity index (χ2n) is 8.38. The first kappa shape index (κ1) is 17.5. The average Bonchev–Trinajstić information content (AvgIpc) is 3.26. The topological polar surface area (TPSA) is 41.7 Å². The van der Waals surface area contributed by atoms with Gasteiger partial charge in [-0.2, -0.15) is 0 Å². The molecule has 1 aliphatic carbocycles. The molecule has 1 saturated carbocycles. The first-order valence-electron chi connectivity index (χ1n) is 10.2. The van der Waals surface area contributed by atoms with Crippen LogP contribution in [0.2, 0.25) is 0 Å². The summed E-state index contributed by atoms with van der Waals surface area (Å²) in [6.07, 6.45) is 8.12. The second kappa shape index (κ2) is 7.37. The Labute approximate surface area is 151 Å². The molecule has 0 amide bonds. The van der Waals surface area contributed by atoms with Crippen molar-refractivity contribution in [1.82, 2.24) is 15.0 Å². The Morgan fingerprint density at radius 3 is 2.68 bits per heavy atom.